The summed E-state index contributed by atoms with van der Waals surface area (Å²) in [7, 11) is -1.87. The average Bonchev–Trinajstić information content (AvgIpc) is 2.41. The van der Waals surface area contributed by atoms with E-state index in [4.69, 9.17) is 0 Å². The number of aryl methyl sites for hydroxylation is 2. The predicted molar refractivity (Wildman–Crippen MR) is 88.7 cm³/mol. The summed E-state index contributed by atoms with van der Waals surface area (Å²) in [5.41, 5.74) is 3.01. The van der Waals surface area contributed by atoms with E-state index in [2.05, 4.69) is 15.9 Å². The lowest BCUT2D eigenvalue weighted by Gasteiger charge is -2.18. The highest BCUT2D eigenvalue weighted by Crippen LogP contribution is 2.23. The fourth-order valence-corrected chi connectivity index (χ4v) is 3.60. The molecule has 112 valence electrons. The van der Waals surface area contributed by atoms with Crippen LogP contribution in [0.4, 0.5) is 0 Å². The largest absolute Gasteiger partial charge is 0.243 e. The Labute approximate surface area is 134 Å². The summed E-state index contributed by atoms with van der Waals surface area (Å²) in [6, 6.07) is 12.9. The highest BCUT2D eigenvalue weighted by Gasteiger charge is 2.21. The summed E-state index contributed by atoms with van der Waals surface area (Å²) < 4.78 is 27.5. The van der Waals surface area contributed by atoms with Crippen LogP contribution < -0.4 is 0 Å². The van der Waals surface area contributed by atoms with Crippen molar-refractivity contribution < 1.29 is 8.42 Å². The molecule has 3 nitrogen and oxygen atoms in total. The summed E-state index contributed by atoms with van der Waals surface area (Å²) >= 11 is 3.39. The Morgan fingerprint density at radius 2 is 1.81 bits per heavy atom. The first-order valence-electron chi connectivity index (χ1n) is 6.59. The minimum Gasteiger partial charge on any atom is -0.207 e. The van der Waals surface area contributed by atoms with E-state index in [0.717, 1.165) is 21.2 Å². The first-order chi connectivity index (χ1) is 9.80. The third-order valence-corrected chi connectivity index (χ3v) is 6.01. The Kier molecular flexibility index (Phi) is 4.86. The Hall–Kier alpha value is -1.17. The lowest BCUT2D eigenvalue weighted by atomic mass is 10.1. The molecular weight excluding hydrogens is 350 g/mol. The van der Waals surface area contributed by atoms with Gasteiger partial charge in [0.15, 0.2) is 0 Å². The van der Waals surface area contributed by atoms with Crippen LogP contribution in [0.1, 0.15) is 16.7 Å². The number of sulfonamides is 1. The van der Waals surface area contributed by atoms with Gasteiger partial charge in [0.2, 0.25) is 10.0 Å². The van der Waals surface area contributed by atoms with Gasteiger partial charge in [0.1, 0.15) is 0 Å². The molecule has 0 aromatic heterocycles. The van der Waals surface area contributed by atoms with Gasteiger partial charge >= 0.3 is 0 Å². The third kappa shape index (κ3) is 3.73. The van der Waals surface area contributed by atoms with Crippen molar-refractivity contribution >= 4 is 26.0 Å². The molecule has 0 amide bonds. The maximum Gasteiger partial charge on any atom is 0.243 e. The Bertz CT molecular complexity index is 757. The summed E-state index contributed by atoms with van der Waals surface area (Å²) in [6.07, 6.45) is 0. The molecule has 2 aromatic rings. The summed E-state index contributed by atoms with van der Waals surface area (Å²) in [4.78, 5) is 0.318. The lowest BCUT2D eigenvalue weighted by molar-refractivity contribution is 0.466. The fourth-order valence-electron chi connectivity index (χ4n) is 2.11. The van der Waals surface area contributed by atoms with Gasteiger partial charge in [0, 0.05) is 18.1 Å². The molecule has 0 spiro atoms. The van der Waals surface area contributed by atoms with E-state index >= 15 is 0 Å². The maximum atomic E-state index is 12.6. The Morgan fingerprint density at radius 1 is 1.10 bits per heavy atom. The van der Waals surface area contributed by atoms with Crippen molar-refractivity contribution in [2.75, 3.05) is 7.05 Å². The molecule has 0 atom stereocenters. The van der Waals surface area contributed by atoms with Crippen molar-refractivity contribution in [1.82, 2.24) is 4.31 Å². The number of halogens is 1. The summed E-state index contributed by atoms with van der Waals surface area (Å²) in [5, 5.41) is 0. The van der Waals surface area contributed by atoms with Gasteiger partial charge in [-0.1, -0.05) is 45.8 Å². The SMILES string of the molecule is Cc1cccc(CN(C)S(=O)(=O)c2ccc(Br)c(C)c2)c1. The van der Waals surface area contributed by atoms with Crippen molar-refractivity contribution in [2.24, 2.45) is 0 Å². The van der Waals surface area contributed by atoms with Gasteiger partial charge < -0.3 is 0 Å². The highest BCUT2D eigenvalue weighted by atomic mass is 79.9. The topological polar surface area (TPSA) is 37.4 Å². The molecule has 0 saturated heterocycles. The van der Waals surface area contributed by atoms with E-state index in [0.29, 0.717) is 11.4 Å². The minimum atomic E-state index is -3.48. The molecule has 0 radical (unpaired) electrons. The normalized spacial score (nSPS) is 11.9. The van der Waals surface area contributed by atoms with Crippen molar-refractivity contribution in [3.05, 3.63) is 63.6 Å². The van der Waals surface area contributed by atoms with Crippen LogP contribution in [-0.2, 0) is 16.6 Å². The maximum absolute atomic E-state index is 12.6. The van der Waals surface area contributed by atoms with Crippen LogP contribution in [0.25, 0.3) is 0 Å². The number of benzene rings is 2. The summed E-state index contributed by atoms with van der Waals surface area (Å²) in [5.74, 6) is 0. The van der Waals surface area contributed by atoms with Gasteiger partial charge in [-0.3, -0.25) is 0 Å². The van der Waals surface area contributed by atoms with Crippen molar-refractivity contribution in [2.45, 2.75) is 25.3 Å². The molecule has 5 heteroatoms. The standard InChI is InChI=1S/C16H18BrNO2S/c1-12-5-4-6-14(9-12)11-18(3)21(19,20)15-7-8-16(17)13(2)10-15/h4-10H,11H2,1-3H3. The van der Waals surface area contributed by atoms with E-state index in [-0.39, 0.29) is 0 Å². The Morgan fingerprint density at radius 3 is 2.43 bits per heavy atom. The van der Waals surface area contributed by atoms with Crippen LogP contribution in [0.15, 0.2) is 51.8 Å². The molecule has 0 unspecified atom stereocenters. The predicted octanol–water partition coefficient (Wildman–Crippen LogP) is 3.89. The smallest absolute Gasteiger partial charge is 0.207 e. The van der Waals surface area contributed by atoms with Gasteiger partial charge in [-0.15, -0.1) is 0 Å². The van der Waals surface area contributed by atoms with E-state index < -0.39 is 10.0 Å². The van der Waals surface area contributed by atoms with E-state index in [1.807, 2.05) is 38.1 Å². The van der Waals surface area contributed by atoms with E-state index in [1.165, 1.54) is 4.31 Å². The quantitative estimate of drug-likeness (QED) is 0.821. The first-order valence-corrected chi connectivity index (χ1v) is 8.82. The molecule has 0 bridgehead atoms. The van der Waals surface area contributed by atoms with Gasteiger partial charge in [-0.05, 0) is 43.2 Å². The highest BCUT2D eigenvalue weighted by molar-refractivity contribution is 9.10. The van der Waals surface area contributed by atoms with Crippen LogP contribution >= 0.6 is 15.9 Å². The van der Waals surface area contributed by atoms with Crippen LogP contribution in [0.5, 0.6) is 0 Å². The lowest BCUT2D eigenvalue weighted by Crippen LogP contribution is -2.26. The van der Waals surface area contributed by atoms with Crippen LogP contribution in [0, 0.1) is 13.8 Å². The van der Waals surface area contributed by atoms with Crippen molar-refractivity contribution in [3.63, 3.8) is 0 Å². The van der Waals surface area contributed by atoms with E-state index in [9.17, 15) is 8.42 Å². The second-order valence-electron chi connectivity index (χ2n) is 5.16. The Balaban J connectivity index is 2.28. The van der Waals surface area contributed by atoms with Crippen LogP contribution in [0.2, 0.25) is 0 Å². The number of hydrogen-bond acceptors (Lipinski definition) is 2. The van der Waals surface area contributed by atoms with Crippen molar-refractivity contribution in [1.29, 1.82) is 0 Å². The minimum absolute atomic E-state index is 0.318. The average molecular weight is 368 g/mol. The number of hydrogen-bond donors (Lipinski definition) is 0. The van der Waals surface area contributed by atoms with Crippen LogP contribution in [-0.4, -0.2) is 19.8 Å². The molecule has 2 aromatic carbocycles. The molecule has 0 aliphatic rings. The molecule has 0 aliphatic heterocycles. The molecule has 0 heterocycles. The fraction of sp³-hybridized carbons (Fsp3) is 0.250. The molecular formula is C16H18BrNO2S. The number of nitrogens with zero attached hydrogens (tertiary/aromatic N) is 1. The second kappa shape index (κ2) is 6.30. The van der Waals surface area contributed by atoms with Gasteiger partial charge in [0.05, 0.1) is 4.90 Å². The third-order valence-electron chi connectivity index (χ3n) is 3.33. The number of rotatable bonds is 4. The molecule has 21 heavy (non-hydrogen) atoms. The molecule has 2 rings (SSSR count). The molecule has 0 fully saturated rings. The van der Waals surface area contributed by atoms with Gasteiger partial charge in [-0.25, -0.2) is 8.42 Å². The van der Waals surface area contributed by atoms with Crippen molar-refractivity contribution in [3.8, 4) is 0 Å². The zero-order valence-electron chi connectivity index (χ0n) is 12.3. The molecule has 0 aliphatic carbocycles. The zero-order valence-corrected chi connectivity index (χ0v) is 14.7. The summed E-state index contributed by atoms with van der Waals surface area (Å²) in [6.45, 7) is 4.23. The van der Waals surface area contributed by atoms with Gasteiger partial charge in [-0.2, -0.15) is 4.31 Å². The zero-order chi connectivity index (χ0) is 15.6. The van der Waals surface area contributed by atoms with Crippen LogP contribution in [0.3, 0.4) is 0 Å². The molecule has 0 saturated carbocycles. The van der Waals surface area contributed by atoms with E-state index in [1.54, 1.807) is 25.2 Å². The molecule has 0 N–H and O–H groups in total. The second-order valence-corrected chi connectivity index (χ2v) is 8.06. The van der Waals surface area contributed by atoms with Gasteiger partial charge in [0.25, 0.3) is 0 Å². The monoisotopic (exact) mass is 367 g/mol. The first kappa shape index (κ1) is 16.2.